The van der Waals surface area contributed by atoms with Gasteiger partial charge in [-0.2, -0.15) is 0 Å². The van der Waals surface area contributed by atoms with Crippen LogP contribution in [0.15, 0.2) is 0 Å². The van der Waals surface area contributed by atoms with Crippen LogP contribution >= 0.6 is 0 Å². The van der Waals surface area contributed by atoms with E-state index in [1.165, 1.54) is 0 Å². The van der Waals surface area contributed by atoms with Crippen molar-refractivity contribution in [1.82, 2.24) is 0 Å². The van der Waals surface area contributed by atoms with Crippen LogP contribution in [0.5, 0.6) is 0 Å². The van der Waals surface area contributed by atoms with Gasteiger partial charge in [-0.3, -0.25) is 0 Å². The topological polar surface area (TPSA) is 54.4 Å². The average molecular weight is 138 g/mol. The fourth-order valence-electron chi connectivity index (χ4n) is 0.775. The molecule has 1 rings (SSSR count). The second kappa shape index (κ2) is 1.70. The van der Waals surface area contributed by atoms with Gasteiger partial charge in [0.15, 0.2) is 9.84 Å². The lowest BCUT2D eigenvalue weighted by atomic mass is 10.3. The number of rotatable bonds is 0. The van der Waals surface area contributed by atoms with E-state index in [0.29, 0.717) is 6.42 Å². The summed E-state index contributed by atoms with van der Waals surface area (Å²) in [7, 11) is -2.85. The predicted molar refractivity (Wildman–Crippen MR) is 29.3 cm³/mol. The third-order valence-electron chi connectivity index (χ3n) is 1.21. The van der Waals surface area contributed by atoms with Crippen molar-refractivity contribution in [2.45, 2.75) is 12.5 Å². The summed E-state index contributed by atoms with van der Waals surface area (Å²) in [5.41, 5.74) is 0. The zero-order chi connectivity index (χ0) is 6.20. The first-order chi connectivity index (χ1) is 3.60. The number of sulfone groups is 1. The van der Waals surface area contributed by atoms with Crippen molar-refractivity contribution in [3.8, 4) is 0 Å². The molecular formula is C4H8O3S. The molecule has 1 aliphatic rings. The molecule has 0 aliphatic carbocycles. The minimum absolute atomic E-state index is 0.0347. The Morgan fingerprint density at radius 3 is 2.25 bits per heavy atom. The average Bonchev–Trinajstić information content (AvgIpc) is 1.82. The van der Waals surface area contributed by atoms with Gasteiger partial charge in [-0.1, -0.05) is 0 Å². The Labute approximate surface area is 48.2 Å². The van der Waals surface area contributed by atoms with E-state index < -0.39 is 15.9 Å². The summed E-state index contributed by atoms with van der Waals surface area (Å²) in [5, 5.41) is 8.69. The first-order valence-electron chi connectivity index (χ1n) is 2.49. The van der Waals surface area contributed by atoms with E-state index in [-0.39, 0.29) is 11.5 Å². The van der Waals surface area contributed by atoms with Crippen LogP contribution in [-0.2, 0) is 9.84 Å². The predicted octanol–water partition coefficient (Wildman–Crippen LogP) is -0.834. The first-order valence-corrected chi connectivity index (χ1v) is 4.31. The van der Waals surface area contributed by atoms with Crippen LogP contribution in [0.1, 0.15) is 6.42 Å². The second-order valence-corrected chi connectivity index (χ2v) is 4.29. The maximum absolute atomic E-state index is 10.5. The smallest absolute Gasteiger partial charge is 0.152 e. The molecule has 0 radical (unpaired) electrons. The van der Waals surface area contributed by atoms with E-state index in [4.69, 9.17) is 5.11 Å². The molecule has 4 heteroatoms. The lowest BCUT2D eigenvalue weighted by Gasteiger charge is -1.90. The van der Waals surface area contributed by atoms with Gasteiger partial charge in [0, 0.05) is 0 Å². The number of aliphatic hydroxyl groups is 1. The Hall–Kier alpha value is -0.0900. The summed E-state index contributed by atoms with van der Waals surface area (Å²) >= 11 is 0. The third-order valence-corrected chi connectivity index (χ3v) is 2.96. The van der Waals surface area contributed by atoms with E-state index in [9.17, 15) is 8.42 Å². The number of aliphatic hydroxyl groups excluding tert-OH is 1. The molecule has 8 heavy (non-hydrogen) atoms. The summed E-state index contributed by atoms with van der Waals surface area (Å²) in [6, 6.07) is 0. The normalized spacial score (nSPS) is 35.4. The monoisotopic (exact) mass is 138 g/mol. The van der Waals surface area contributed by atoms with E-state index in [0.717, 1.165) is 0 Å². The van der Waals surface area contributed by atoms with Crippen molar-refractivity contribution in [2.24, 2.45) is 0 Å². The molecule has 48 valence electrons. The van der Waals surface area contributed by atoms with Crippen molar-refractivity contribution in [3.63, 3.8) is 0 Å². The maximum atomic E-state index is 10.5. The molecule has 1 atom stereocenters. The molecule has 0 aromatic carbocycles. The van der Waals surface area contributed by atoms with E-state index in [1.54, 1.807) is 0 Å². The molecular weight excluding hydrogens is 130 g/mol. The van der Waals surface area contributed by atoms with E-state index in [2.05, 4.69) is 0 Å². The highest BCUT2D eigenvalue weighted by molar-refractivity contribution is 7.91. The highest BCUT2D eigenvalue weighted by Crippen LogP contribution is 2.09. The molecule has 3 nitrogen and oxygen atoms in total. The Kier molecular flexibility index (Phi) is 1.28. The van der Waals surface area contributed by atoms with Gasteiger partial charge in [-0.05, 0) is 6.42 Å². The Morgan fingerprint density at radius 1 is 1.50 bits per heavy atom. The molecule has 1 saturated heterocycles. The van der Waals surface area contributed by atoms with Crippen LogP contribution in [0.25, 0.3) is 0 Å². The van der Waals surface area contributed by atoms with E-state index in [1.807, 2.05) is 0 Å². The van der Waals surface area contributed by atoms with Crippen molar-refractivity contribution in [2.75, 3.05) is 11.5 Å². The Morgan fingerprint density at radius 2 is 2.12 bits per heavy atom. The van der Waals surface area contributed by atoms with Crippen LogP contribution < -0.4 is 0 Å². The molecule has 0 bridgehead atoms. The van der Waals surface area contributed by atoms with Gasteiger partial charge in [-0.15, -0.1) is 0 Å². The minimum atomic E-state index is -2.85. The lowest BCUT2D eigenvalue weighted by molar-refractivity contribution is 0.202. The zero-order valence-electron chi connectivity index (χ0n) is 4.37. The van der Waals surface area contributed by atoms with Crippen LogP contribution in [0.4, 0.5) is 0 Å². The molecule has 0 unspecified atom stereocenters. The van der Waals surface area contributed by atoms with Crippen LogP contribution in [0.2, 0.25) is 0 Å². The minimum Gasteiger partial charge on any atom is -0.392 e. The third kappa shape index (κ3) is 1.20. The molecule has 1 heterocycles. The van der Waals surface area contributed by atoms with Crippen molar-refractivity contribution in [1.29, 1.82) is 0 Å². The molecule has 0 aromatic heterocycles. The summed E-state index contributed by atoms with van der Waals surface area (Å²) in [6.07, 6.45) is -0.178. The standard InChI is InChI=1S/C4H8O3S/c5-4-1-2-8(6,7)3-4/h4-5H,1-3H2/t4-/m1/s1/i5+2. The van der Waals surface area contributed by atoms with Crippen molar-refractivity contribution < 1.29 is 13.5 Å². The van der Waals surface area contributed by atoms with Crippen LogP contribution in [0, 0.1) is 0 Å². The van der Waals surface area contributed by atoms with Crippen LogP contribution in [-0.4, -0.2) is 31.1 Å². The Balaban J connectivity index is 2.71. The highest BCUT2D eigenvalue weighted by Gasteiger charge is 2.25. The maximum Gasteiger partial charge on any atom is 0.152 e. The molecule has 0 aromatic rings. The first kappa shape index (κ1) is 6.04. The highest BCUT2D eigenvalue weighted by atomic mass is 32.2. The molecule has 1 aliphatic heterocycles. The summed E-state index contributed by atoms with van der Waals surface area (Å²) in [6.45, 7) is 0. The van der Waals surface area contributed by atoms with Gasteiger partial charge in [0.2, 0.25) is 0 Å². The van der Waals surface area contributed by atoms with Gasteiger partial charge < -0.3 is 5.11 Å². The molecule has 0 spiro atoms. The molecule has 0 amide bonds. The van der Waals surface area contributed by atoms with Gasteiger partial charge >= 0.3 is 0 Å². The van der Waals surface area contributed by atoms with Gasteiger partial charge in [-0.25, -0.2) is 8.42 Å². The van der Waals surface area contributed by atoms with Crippen molar-refractivity contribution in [3.05, 3.63) is 0 Å². The fourth-order valence-corrected chi connectivity index (χ4v) is 2.33. The van der Waals surface area contributed by atoms with Gasteiger partial charge in [0.25, 0.3) is 0 Å². The summed E-state index contributed by atoms with van der Waals surface area (Å²) in [5.74, 6) is 0.126. The van der Waals surface area contributed by atoms with E-state index >= 15 is 0 Å². The largest absolute Gasteiger partial charge is 0.392 e. The Bertz CT molecular complexity index is 170. The molecule has 1 N–H and O–H groups in total. The summed E-state index contributed by atoms with van der Waals surface area (Å²) < 4.78 is 21.0. The van der Waals surface area contributed by atoms with Gasteiger partial charge in [0.1, 0.15) is 0 Å². The lowest BCUT2D eigenvalue weighted by Crippen LogP contribution is -2.07. The quantitative estimate of drug-likeness (QED) is 0.444. The van der Waals surface area contributed by atoms with Crippen LogP contribution in [0.3, 0.4) is 0 Å². The number of hydrogen-bond acceptors (Lipinski definition) is 3. The van der Waals surface area contributed by atoms with Gasteiger partial charge in [0.05, 0.1) is 17.6 Å². The fraction of sp³-hybridized carbons (Fsp3) is 1.00. The second-order valence-electron chi connectivity index (χ2n) is 2.06. The summed E-state index contributed by atoms with van der Waals surface area (Å²) in [4.78, 5) is 0. The zero-order valence-corrected chi connectivity index (χ0v) is 5.19. The number of hydrogen-bond donors (Lipinski definition) is 1. The van der Waals surface area contributed by atoms with Crippen molar-refractivity contribution >= 4 is 9.84 Å². The molecule has 0 saturated carbocycles. The SMILES string of the molecule is O=S1(=O)CC[C@@H]([18OH])C1. The molecule has 1 fully saturated rings.